The number of rotatable bonds is 3. The minimum absolute atomic E-state index is 0.117. The Kier molecular flexibility index (Phi) is 4.18. The molecule has 0 spiro atoms. The van der Waals surface area contributed by atoms with Crippen molar-refractivity contribution in [1.29, 1.82) is 0 Å². The number of benzene rings is 1. The monoisotopic (exact) mass is 402 g/mol. The molecule has 5 rings (SSSR count). The number of fused-ring (bicyclic) bond motifs is 2. The van der Waals surface area contributed by atoms with Gasteiger partial charge in [0.1, 0.15) is 0 Å². The molecule has 8 heteroatoms. The fraction of sp³-hybridized carbons (Fsp3) is 0.273. The summed E-state index contributed by atoms with van der Waals surface area (Å²) in [6.45, 7) is 2.27. The summed E-state index contributed by atoms with van der Waals surface area (Å²) in [7, 11) is 1.88. The Labute approximate surface area is 172 Å². The first-order valence-corrected chi connectivity index (χ1v) is 9.98. The van der Waals surface area contributed by atoms with Crippen LogP contribution in [-0.2, 0) is 20.0 Å². The zero-order valence-corrected chi connectivity index (χ0v) is 16.9. The Bertz CT molecular complexity index is 1370. The van der Waals surface area contributed by atoms with Gasteiger partial charge in [0.25, 0.3) is 5.56 Å². The minimum atomic E-state index is -0.248. The van der Waals surface area contributed by atoms with Crippen LogP contribution >= 0.6 is 0 Å². The smallest absolute Gasteiger partial charge is 0.272 e. The number of carbonyl (C=O) groups excluding carboxylic acids is 1. The summed E-state index contributed by atoms with van der Waals surface area (Å²) < 4.78 is 3.64. The maximum atomic E-state index is 12.7. The Hall–Kier alpha value is -3.52. The predicted octanol–water partition coefficient (Wildman–Crippen LogP) is 2.54. The number of nitrogens with zero attached hydrogens (tertiary/aromatic N) is 4. The van der Waals surface area contributed by atoms with Gasteiger partial charge in [-0.05, 0) is 49.1 Å². The van der Waals surface area contributed by atoms with Crippen molar-refractivity contribution < 1.29 is 4.79 Å². The summed E-state index contributed by atoms with van der Waals surface area (Å²) in [6.07, 6.45) is 4.12. The fourth-order valence-corrected chi connectivity index (χ4v) is 4.46. The first-order valence-electron chi connectivity index (χ1n) is 9.98. The van der Waals surface area contributed by atoms with Gasteiger partial charge in [0.2, 0.25) is 5.91 Å². The van der Waals surface area contributed by atoms with E-state index >= 15 is 0 Å². The van der Waals surface area contributed by atoms with E-state index in [-0.39, 0.29) is 18.0 Å². The van der Waals surface area contributed by atoms with Crippen LogP contribution in [0.4, 0.5) is 0 Å². The summed E-state index contributed by atoms with van der Waals surface area (Å²) in [5, 5.41) is 12.3. The third-order valence-corrected chi connectivity index (χ3v) is 5.93. The second-order valence-corrected chi connectivity index (χ2v) is 7.74. The molecule has 0 aliphatic carbocycles. The molecular formula is C22H22N6O2. The quantitative estimate of drug-likeness (QED) is 0.547. The van der Waals surface area contributed by atoms with E-state index in [0.717, 1.165) is 52.0 Å². The number of nitrogens with one attached hydrogen (secondary N) is 1. The molecule has 0 saturated carbocycles. The van der Waals surface area contributed by atoms with Crippen molar-refractivity contribution in [2.45, 2.75) is 32.7 Å². The molecule has 8 nitrogen and oxygen atoms in total. The molecule has 0 radical (unpaired) electrons. The van der Waals surface area contributed by atoms with E-state index < -0.39 is 0 Å². The van der Waals surface area contributed by atoms with Gasteiger partial charge in [0, 0.05) is 36.7 Å². The number of hydrogen-bond acceptors (Lipinski definition) is 5. The first kappa shape index (κ1) is 18.5. The van der Waals surface area contributed by atoms with Crippen LogP contribution in [-0.4, -0.2) is 30.5 Å². The lowest BCUT2D eigenvalue weighted by molar-refractivity contribution is 0.0886. The van der Waals surface area contributed by atoms with E-state index in [9.17, 15) is 9.59 Å². The third kappa shape index (κ3) is 2.64. The maximum Gasteiger partial charge on any atom is 0.272 e. The van der Waals surface area contributed by atoms with Gasteiger partial charge in [-0.2, -0.15) is 10.2 Å². The normalized spacial score (nSPS) is 13.8. The lowest BCUT2D eigenvalue weighted by atomic mass is 10.0. The molecule has 0 bridgehead atoms. The lowest BCUT2D eigenvalue weighted by Gasteiger charge is -2.18. The summed E-state index contributed by atoms with van der Waals surface area (Å²) in [4.78, 5) is 24.9. The first-order chi connectivity index (χ1) is 14.5. The van der Waals surface area contributed by atoms with E-state index in [0.29, 0.717) is 17.5 Å². The molecular weight excluding hydrogens is 380 g/mol. The molecule has 0 amide bonds. The van der Waals surface area contributed by atoms with E-state index in [1.165, 1.54) is 0 Å². The SMILES string of the molecule is Cc1cc(-c2c(-c3ccc4c(=O)[nH]nc(CN)c4c3)cnn2C)n2c1CCCC2=O. The van der Waals surface area contributed by atoms with Crippen molar-refractivity contribution >= 4 is 16.7 Å². The predicted molar refractivity (Wildman–Crippen MR) is 114 cm³/mol. The number of aromatic amines is 1. The standard InChI is InChI=1S/C22H22N6O2/c1-12-8-19(28-18(12)4-3-5-20(28)29)21-16(11-24-27(21)2)13-6-7-14-15(9-13)17(10-23)25-26-22(14)30/h6-9,11H,3-5,10,23H2,1-2H3,(H,26,30). The molecule has 0 fully saturated rings. The fourth-order valence-electron chi connectivity index (χ4n) is 4.46. The van der Waals surface area contributed by atoms with Gasteiger partial charge in [-0.3, -0.25) is 18.8 Å². The van der Waals surface area contributed by atoms with E-state index in [1.807, 2.05) is 30.7 Å². The molecule has 1 aliphatic heterocycles. The Morgan fingerprint density at radius 2 is 2.00 bits per heavy atom. The highest BCUT2D eigenvalue weighted by molar-refractivity contribution is 5.93. The van der Waals surface area contributed by atoms with Gasteiger partial charge < -0.3 is 5.73 Å². The number of aromatic nitrogens is 5. The van der Waals surface area contributed by atoms with Gasteiger partial charge in [-0.1, -0.05) is 6.07 Å². The van der Waals surface area contributed by atoms with Crippen LogP contribution in [0.3, 0.4) is 0 Å². The van der Waals surface area contributed by atoms with Crippen LogP contribution < -0.4 is 11.3 Å². The van der Waals surface area contributed by atoms with Gasteiger partial charge >= 0.3 is 0 Å². The van der Waals surface area contributed by atoms with Crippen molar-refractivity contribution in [2.24, 2.45) is 12.8 Å². The molecule has 3 aromatic heterocycles. The second-order valence-electron chi connectivity index (χ2n) is 7.74. The van der Waals surface area contributed by atoms with Gasteiger partial charge in [0.15, 0.2) is 0 Å². The molecule has 4 heterocycles. The van der Waals surface area contributed by atoms with Crippen LogP contribution in [0.1, 0.15) is 34.6 Å². The number of H-pyrrole nitrogens is 1. The van der Waals surface area contributed by atoms with Crippen molar-refractivity contribution in [3.8, 4) is 22.5 Å². The molecule has 0 unspecified atom stereocenters. The van der Waals surface area contributed by atoms with Crippen molar-refractivity contribution in [2.75, 3.05) is 0 Å². The second kappa shape index (κ2) is 6.77. The van der Waals surface area contributed by atoms with E-state index in [4.69, 9.17) is 5.73 Å². The minimum Gasteiger partial charge on any atom is -0.325 e. The molecule has 1 aromatic carbocycles. The topological polar surface area (TPSA) is 112 Å². The number of carbonyl (C=O) groups is 1. The molecule has 3 N–H and O–H groups in total. The highest BCUT2D eigenvalue weighted by Crippen LogP contribution is 2.37. The Morgan fingerprint density at radius 1 is 1.17 bits per heavy atom. The molecule has 152 valence electrons. The molecule has 4 aromatic rings. The van der Waals surface area contributed by atoms with Gasteiger partial charge in [-0.25, -0.2) is 5.10 Å². The third-order valence-electron chi connectivity index (χ3n) is 5.93. The highest BCUT2D eigenvalue weighted by atomic mass is 16.2. The molecule has 1 aliphatic rings. The largest absolute Gasteiger partial charge is 0.325 e. The van der Waals surface area contributed by atoms with Crippen molar-refractivity contribution in [1.82, 2.24) is 24.5 Å². The maximum absolute atomic E-state index is 12.7. The zero-order chi connectivity index (χ0) is 21.0. The molecule has 0 atom stereocenters. The number of hydrogen-bond donors (Lipinski definition) is 2. The number of nitrogens with two attached hydrogens (primary N) is 1. The molecule has 30 heavy (non-hydrogen) atoms. The average molecular weight is 402 g/mol. The summed E-state index contributed by atoms with van der Waals surface area (Å²) in [5.41, 5.74) is 11.9. The molecule has 0 saturated heterocycles. The van der Waals surface area contributed by atoms with Gasteiger partial charge in [-0.15, -0.1) is 0 Å². The summed E-state index contributed by atoms with van der Waals surface area (Å²) in [6, 6.07) is 7.67. The van der Waals surface area contributed by atoms with E-state index in [1.54, 1.807) is 16.9 Å². The van der Waals surface area contributed by atoms with Crippen LogP contribution in [0, 0.1) is 6.92 Å². The van der Waals surface area contributed by atoms with Crippen molar-refractivity contribution in [3.63, 3.8) is 0 Å². The average Bonchev–Trinajstić information content (AvgIpc) is 3.29. The van der Waals surface area contributed by atoms with E-state index in [2.05, 4.69) is 21.4 Å². The zero-order valence-electron chi connectivity index (χ0n) is 16.9. The van der Waals surface area contributed by atoms with Crippen molar-refractivity contribution in [3.05, 3.63) is 57.8 Å². The van der Waals surface area contributed by atoms with Gasteiger partial charge in [0.05, 0.1) is 28.7 Å². The Balaban J connectivity index is 1.75. The summed E-state index contributed by atoms with van der Waals surface area (Å²) >= 11 is 0. The highest BCUT2D eigenvalue weighted by Gasteiger charge is 2.26. The summed E-state index contributed by atoms with van der Waals surface area (Å²) in [5.74, 6) is 0.117. The van der Waals surface area contributed by atoms with Crippen LogP contribution in [0.2, 0.25) is 0 Å². The van der Waals surface area contributed by atoms with Crippen LogP contribution in [0.25, 0.3) is 33.3 Å². The van der Waals surface area contributed by atoms with Crippen LogP contribution in [0.15, 0.2) is 35.3 Å². The Morgan fingerprint density at radius 3 is 2.80 bits per heavy atom. The lowest BCUT2D eigenvalue weighted by Crippen LogP contribution is -2.20. The number of aryl methyl sites for hydroxylation is 2. The van der Waals surface area contributed by atoms with Crippen LogP contribution in [0.5, 0.6) is 0 Å².